The Hall–Kier alpha value is -4.35. The van der Waals surface area contributed by atoms with Gasteiger partial charge in [0.15, 0.2) is 0 Å². The van der Waals surface area contributed by atoms with E-state index in [9.17, 15) is 18.0 Å². The minimum atomic E-state index is -4.61. The van der Waals surface area contributed by atoms with E-state index in [4.69, 9.17) is 4.52 Å². The fourth-order valence-electron chi connectivity index (χ4n) is 2.78. The summed E-state index contributed by atoms with van der Waals surface area (Å²) in [4.78, 5) is 23.3. The number of pyridine rings is 1. The molecule has 2 amide bonds. The molecule has 0 fully saturated rings. The largest absolute Gasteiger partial charge is 0.433 e. The highest BCUT2D eigenvalue weighted by Crippen LogP contribution is 2.28. The molecule has 1 aromatic carbocycles. The van der Waals surface area contributed by atoms with Crippen LogP contribution in [0.25, 0.3) is 11.1 Å². The predicted molar refractivity (Wildman–Crippen MR) is 105 cm³/mol. The molecule has 3 heterocycles. The zero-order valence-electron chi connectivity index (χ0n) is 16.2. The number of amides is 2. The van der Waals surface area contributed by atoms with Crippen molar-refractivity contribution < 1.29 is 27.2 Å². The van der Waals surface area contributed by atoms with Crippen LogP contribution in [0.1, 0.15) is 11.3 Å². The van der Waals surface area contributed by atoms with E-state index in [0.717, 1.165) is 29.0 Å². The van der Waals surface area contributed by atoms with Crippen molar-refractivity contribution in [3.05, 3.63) is 78.8 Å². The standard InChI is InChI=1S/C20H14F3N7O2/c21-20(22,23)17-7-16(5-6-26-17)27-19(31)28-18-11-30(29-32-18)10-13-1-3-14(4-2-13)15-8-24-12-25-9-15/h1-9,11-12H,10H2,(H-,26,27,28,29,31)/p+1. The molecule has 12 heteroatoms. The lowest BCUT2D eigenvalue weighted by Gasteiger charge is -2.08. The van der Waals surface area contributed by atoms with Crippen molar-refractivity contribution in [3.63, 3.8) is 0 Å². The molecule has 2 N–H and O–H groups in total. The van der Waals surface area contributed by atoms with Gasteiger partial charge in [0.25, 0.3) is 6.20 Å². The molecule has 0 saturated heterocycles. The lowest BCUT2D eigenvalue weighted by molar-refractivity contribution is -0.754. The molecule has 0 radical (unpaired) electrons. The molecule has 162 valence electrons. The van der Waals surface area contributed by atoms with E-state index in [-0.39, 0.29) is 11.6 Å². The topological polar surface area (TPSA) is 110 Å². The molecular formula is C20H15F3N7O2+. The second kappa shape index (κ2) is 8.79. The number of halogens is 3. The number of rotatable bonds is 5. The summed E-state index contributed by atoms with van der Waals surface area (Å²) < 4.78 is 44.7. The van der Waals surface area contributed by atoms with Crippen LogP contribution in [-0.2, 0) is 12.7 Å². The maximum atomic E-state index is 12.7. The molecule has 0 saturated carbocycles. The van der Waals surface area contributed by atoms with Gasteiger partial charge in [-0.3, -0.25) is 14.8 Å². The number of urea groups is 1. The summed E-state index contributed by atoms with van der Waals surface area (Å²) in [7, 11) is 0. The molecule has 0 aliphatic rings. The molecule has 0 spiro atoms. The monoisotopic (exact) mass is 442 g/mol. The molecule has 0 unspecified atom stereocenters. The van der Waals surface area contributed by atoms with E-state index in [1.165, 1.54) is 23.3 Å². The lowest BCUT2D eigenvalue weighted by atomic mass is 10.1. The van der Waals surface area contributed by atoms with Gasteiger partial charge in [0.1, 0.15) is 12.0 Å². The Kier molecular flexibility index (Phi) is 5.75. The van der Waals surface area contributed by atoms with Gasteiger partial charge in [-0.15, -0.1) is 0 Å². The Morgan fingerprint density at radius 1 is 1.03 bits per heavy atom. The molecule has 3 aromatic heterocycles. The van der Waals surface area contributed by atoms with Gasteiger partial charge < -0.3 is 5.32 Å². The highest BCUT2D eigenvalue weighted by molar-refractivity contribution is 5.98. The van der Waals surface area contributed by atoms with Crippen molar-refractivity contribution in [1.82, 2.24) is 20.2 Å². The third-order valence-electron chi connectivity index (χ3n) is 4.25. The number of nitrogens with zero attached hydrogens (tertiary/aromatic N) is 5. The molecule has 4 aromatic rings. The summed E-state index contributed by atoms with van der Waals surface area (Å²) >= 11 is 0. The summed E-state index contributed by atoms with van der Waals surface area (Å²) in [6.45, 7) is 0.373. The van der Waals surface area contributed by atoms with Crippen LogP contribution in [-0.4, -0.2) is 26.3 Å². The fraction of sp³-hybridized carbons (Fsp3) is 0.100. The Morgan fingerprint density at radius 2 is 1.78 bits per heavy atom. The second-order valence-electron chi connectivity index (χ2n) is 6.59. The third-order valence-corrected chi connectivity index (χ3v) is 4.25. The molecule has 0 bridgehead atoms. The average Bonchev–Trinajstić information content (AvgIpc) is 3.21. The van der Waals surface area contributed by atoms with Crippen LogP contribution in [0.3, 0.4) is 0 Å². The molecular weight excluding hydrogens is 427 g/mol. The van der Waals surface area contributed by atoms with Crippen LogP contribution in [0.4, 0.5) is 29.5 Å². The van der Waals surface area contributed by atoms with Crippen molar-refractivity contribution in [3.8, 4) is 11.1 Å². The molecule has 4 rings (SSSR count). The zero-order valence-corrected chi connectivity index (χ0v) is 16.2. The Morgan fingerprint density at radius 3 is 2.50 bits per heavy atom. The summed E-state index contributed by atoms with van der Waals surface area (Å²) in [5.41, 5.74) is 1.60. The van der Waals surface area contributed by atoms with Gasteiger partial charge in [0, 0.05) is 35.4 Å². The number of nitrogens with one attached hydrogen (secondary N) is 2. The number of hydrogen-bond acceptors (Lipinski definition) is 6. The van der Waals surface area contributed by atoms with Gasteiger partial charge in [-0.25, -0.2) is 14.8 Å². The highest BCUT2D eigenvalue weighted by atomic mass is 19.4. The van der Waals surface area contributed by atoms with Crippen molar-refractivity contribution in [2.45, 2.75) is 12.7 Å². The van der Waals surface area contributed by atoms with Crippen LogP contribution in [0.2, 0.25) is 0 Å². The molecule has 0 aliphatic carbocycles. The fourth-order valence-corrected chi connectivity index (χ4v) is 2.78. The van der Waals surface area contributed by atoms with E-state index < -0.39 is 17.9 Å². The van der Waals surface area contributed by atoms with Crippen LogP contribution in [0.15, 0.2) is 72.0 Å². The van der Waals surface area contributed by atoms with Gasteiger partial charge in [-0.2, -0.15) is 13.2 Å². The van der Waals surface area contributed by atoms with Crippen LogP contribution in [0, 0.1) is 0 Å². The first-order valence-corrected chi connectivity index (χ1v) is 9.19. The molecule has 9 nitrogen and oxygen atoms in total. The molecule has 0 aliphatic heterocycles. The summed E-state index contributed by atoms with van der Waals surface area (Å²) in [5.74, 6) is 0.0191. The van der Waals surface area contributed by atoms with E-state index in [1.54, 1.807) is 12.4 Å². The van der Waals surface area contributed by atoms with Gasteiger partial charge in [-0.05, 0) is 22.4 Å². The van der Waals surface area contributed by atoms with Crippen molar-refractivity contribution in [1.29, 1.82) is 0 Å². The van der Waals surface area contributed by atoms with Gasteiger partial charge in [0.05, 0.1) is 0 Å². The van der Waals surface area contributed by atoms with Gasteiger partial charge >= 0.3 is 18.1 Å². The summed E-state index contributed by atoms with van der Waals surface area (Å²) in [6, 6.07) is 8.83. The highest BCUT2D eigenvalue weighted by Gasteiger charge is 2.32. The normalized spacial score (nSPS) is 11.2. The van der Waals surface area contributed by atoms with Gasteiger partial charge in [-0.1, -0.05) is 24.3 Å². The smallest absolute Gasteiger partial charge is 0.308 e. The maximum Gasteiger partial charge on any atom is 0.433 e. The second-order valence-corrected chi connectivity index (χ2v) is 6.59. The first-order chi connectivity index (χ1) is 15.4. The number of anilines is 2. The van der Waals surface area contributed by atoms with Crippen molar-refractivity contribution in [2.24, 2.45) is 0 Å². The first kappa shape index (κ1) is 20.9. The SMILES string of the molecule is O=C(Nc1ccnc(C(F)(F)F)c1)Nc1c[n+](Cc2ccc(-c3cncnc3)cc2)no1. The molecule has 32 heavy (non-hydrogen) atoms. The quantitative estimate of drug-likeness (QED) is 0.458. The minimum Gasteiger partial charge on any atom is -0.308 e. The van der Waals surface area contributed by atoms with Crippen LogP contribution in [0.5, 0.6) is 0 Å². The maximum absolute atomic E-state index is 12.7. The van der Waals surface area contributed by atoms with E-state index in [0.29, 0.717) is 6.54 Å². The number of carbonyl (C=O) groups is 1. The number of alkyl halides is 3. The Balaban J connectivity index is 1.35. The van der Waals surface area contributed by atoms with Gasteiger partial charge in [0.2, 0.25) is 11.8 Å². The number of benzene rings is 1. The van der Waals surface area contributed by atoms with E-state index in [2.05, 4.69) is 30.9 Å². The molecule has 0 atom stereocenters. The van der Waals surface area contributed by atoms with E-state index >= 15 is 0 Å². The van der Waals surface area contributed by atoms with Crippen molar-refractivity contribution in [2.75, 3.05) is 10.6 Å². The first-order valence-electron chi connectivity index (χ1n) is 9.19. The number of carbonyl (C=O) groups excluding carboxylic acids is 1. The number of aromatic nitrogens is 5. The average molecular weight is 442 g/mol. The predicted octanol–water partition coefficient (Wildman–Crippen LogP) is 3.53. The lowest BCUT2D eigenvalue weighted by Crippen LogP contribution is -2.35. The van der Waals surface area contributed by atoms with Crippen molar-refractivity contribution >= 4 is 17.6 Å². The minimum absolute atomic E-state index is 0.0191. The number of hydrogen-bond donors (Lipinski definition) is 2. The zero-order chi connectivity index (χ0) is 22.6. The van der Waals surface area contributed by atoms with E-state index in [1.807, 2.05) is 24.3 Å². The third kappa shape index (κ3) is 5.22. The van der Waals surface area contributed by atoms with Crippen LogP contribution >= 0.6 is 0 Å². The Labute approximate surface area is 178 Å². The van der Waals surface area contributed by atoms with Crippen LogP contribution < -0.4 is 15.3 Å². The Bertz CT molecular complexity index is 1210. The summed E-state index contributed by atoms with van der Waals surface area (Å²) in [6.07, 6.45) is 2.68. The summed E-state index contributed by atoms with van der Waals surface area (Å²) in [5, 5.41) is 8.48.